The Labute approximate surface area is 125 Å². The van der Waals surface area contributed by atoms with Crippen molar-refractivity contribution in [1.82, 2.24) is 5.32 Å². The highest BCUT2D eigenvalue weighted by molar-refractivity contribution is 7.99. The summed E-state index contributed by atoms with van der Waals surface area (Å²) in [4.78, 5) is 23.3. The molecular formula is C14H16FNO4S. The predicted octanol–water partition coefficient (Wildman–Crippen LogP) is 1.67. The first kappa shape index (κ1) is 15.6. The molecule has 0 aliphatic carbocycles. The van der Waals surface area contributed by atoms with Crippen LogP contribution >= 0.6 is 11.8 Å². The van der Waals surface area contributed by atoms with E-state index in [2.05, 4.69) is 5.32 Å². The van der Waals surface area contributed by atoms with Crippen molar-refractivity contribution < 1.29 is 23.8 Å². The smallest absolute Gasteiger partial charge is 0.329 e. The van der Waals surface area contributed by atoms with Crippen LogP contribution in [0.2, 0.25) is 0 Å². The molecule has 0 unspecified atom stereocenters. The average molecular weight is 313 g/mol. The number of benzene rings is 1. The Hall–Kier alpha value is -1.76. The Morgan fingerprint density at radius 1 is 1.33 bits per heavy atom. The highest BCUT2D eigenvalue weighted by Crippen LogP contribution is 2.27. The second kappa shape index (κ2) is 6.80. The Morgan fingerprint density at radius 2 is 2.00 bits per heavy atom. The van der Waals surface area contributed by atoms with Crippen molar-refractivity contribution in [2.75, 3.05) is 18.1 Å². The van der Waals surface area contributed by atoms with Gasteiger partial charge in [-0.2, -0.15) is 11.8 Å². The van der Waals surface area contributed by atoms with Crippen LogP contribution in [-0.2, 0) is 9.59 Å². The number of rotatable bonds is 5. The fourth-order valence-electron chi connectivity index (χ4n) is 2.12. The van der Waals surface area contributed by atoms with Gasteiger partial charge in [0.15, 0.2) is 18.2 Å². The minimum atomic E-state index is -1.24. The van der Waals surface area contributed by atoms with Gasteiger partial charge in [-0.3, -0.25) is 4.79 Å². The molecule has 1 aromatic carbocycles. The van der Waals surface area contributed by atoms with Crippen LogP contribution < -0.4 is 10.1 Å². The molecule has 0 aromatic heterocycles. The van der Waals surface area contributed by atoms with Crippen molar-refractivity contribution in [3.8, 4) is 5.75 Å². The van der Waals surface area contributed by atoms with Gasteiger partial charge in [0.25, 0.3) is 5.91 Å². The Kier molecular flexibility index (Phi) is 5.06. The van der Waals surface area contributed by atoms with Crippen LogP contribution in [0, 0.1) is 5.82 Å². The lowest BCUT2D eigenvalue weighted by atomic mass is 9.92. The fourth-order valence-corrected chi connectivity index (χ4v) is 3.31. The SMILES string of the molecule is O=C(COc1ccccc1F)NC1(C(=O)O)CCSCC1. The fraction of sp³-hybridized carbons (Fsp3) is 0.429. The molecule has 114 valence electrons. The summed E-state index contributed by atoms with van der Waals surface area (Å²) in [5, 5.41) is 11.9. The minimum Gasteiger partial charge on any atom is -0.481 e. The number of carboxylic acid groups (broad SMARTS) is 1. The molecule has 5 nitrogen and oxygen atoms in total. The number of carboxylic acids is 1. The number of halogens is 1. The molecule has 21 heavy (non-hydrogen) atoms. The summed E-state index contributed by atoms with van der Waals surface area (Å²) in [6, 6.07) is 5.74. The van der Waals surface area contributed by atoms with Gasteiger partial charge in [-0.25, -0.2) is 9.18 Å². The summed E-state index contributed by atoms with van der Waals surface area (Å²) in [5.41, 5.74) is -1.24. The van der Waals surface area contributed by atoms with E-state index >= 15 is 0 Å². The zero-order valence-corrected chi connectivity index (χ0v) is 12.1. The molecule has 2 N–H and O–H groups in total. The summed E-state index contributed by atoms with van der Waals surface area (Å²) in [6.45, 7) is -0.414. The monoisotopic (exact) mass is 313 g/mol. The maximum atomic E-state index is 13.3. The number of carbonyl (C=O) groups is 2. The molecule has 7 heteroatoms. The maximum absolute atomic E-state index is 13.3. The number of carbonyl (C=O) groups excluding carboxylic acids is 1. The average Bonchev–Trinajstić information content (AvgIpc) is 2.47. The topological polar surface area (TPSA) is 75.6 Å². The molecule has 2 rings (SSSR count). The highest BCUT2D eigenvalue weighted by atomic mass is 32.2. The third-order valence-electron chi connectivity index (χ3n) is 3.33. The number of ether oxygens (including phenoxy) is 1. The molecule has 0 bridgehead atoms. The van der Waals surface area contributed by atoms with Gasteiger partial charge in [0.2, 0.25) is 0 Å². The van der Waals surface area contributed by atoms with E-state index in [4.69, 9.17) is 4.74 Å². The van der Waals surface area contributed by atoms with Crippen LogP contribution in [-0.4, -0.2) is 40.6 Å². The first-order valence-electron chi connectivity index (χ1n) is 6.53. The molecular weight excluding hydrogens is 297 g/mol. The van der Waals surface area contributed by atoms with Crippen molar-refractivity contribution in [1.29, 1.82) is 0 Å². The first-order chi connectivity index (χ1) is 10.0. The molecule has 1 aliphatic heterocycles. The van der Waals surface area contributed by atoms with Crippen LogP contribution in [0.1, 0.15) is 12.8 Å². The number of aliphatic carboxylic acids is 1. The molecule has 0 radical (unpaired) electrons. The summed E-state index contributed by atoms with van der Waals surface area (Å²) in [5.74, 6) is -0.834. The van der Waals surface area contributed by atoms with E-state index in [0.29, 0.717) is 24.3 Å². The number of amides is 1. The standard InChI is InChI=1S/C14H16FNO4S/c15-10-3-1-2-4-11(10)20-9-12(17)16-14(13(18)19)5-7-21-8-6-14/h1-4H,5-9H2,(H,16,17)(H,18,19). The quantitative estimate of drug-likeness (QED) is 0.865. The lowest BCUT2D eigenvalue weighted by molar-refractivity contribution is -0.148. The van der Waals surface area contributed by atoms with E-state index in [1.807, 2.05) is 0 Å². The molecule has 1 aromatic rings. The summed E-state index contributed by atoms with van der Waals surface area (Å²) in [6.07, 6.45) is 0.747. The highest BCUT2D eigenvalue weighted by Gasteiger charge is 2.41. The zero-order chi connectivity index (χ0) is 15.3. The van der Waals surface area contributed by atoms with Gasteiger partial charge in [-0.1, -0.05) is 12.1 Å². The molecule has 0 saturated carbocycles. The lowest BCUT2D eigenvalue weighted by Crippen LogP contribution is -2.57. The van der Waals surface area contributed by atoms with E-state index in [9.17, 15) is 19.1 Å². The van der Waals surface area contributed by atoms with Crippen LogP contribution in [0.4, 0.5) is 4.39 Å². The lowest BCUT2D eigenvalue weighted by Gasteiger charge is -2.33. The van der Waals surface area contributed by atoms with Gasteiger partial charge in [0, 0.05) is 0 Å². The maximum Gasteiger partial charge on any atom is 0.329 e. The van der Waals surface area contributed by atoms with Crippen LogP contribution in [0.25, 0.3) is 0 Å². The van der Waals surface area contributed by atoms with Gasteiger partial charge in [-0.05, 0) is 36.5 Å². The van der Waals surface area contributed by atoms with Gasteiger partial charge < -0.3 is 15.2 Å². The molecule has 1 aliphatic rings. The summed E-state index contributed by atoms with van der Waals surface area (Å²) in [7, 11) is 0. The molecule has 1 amide bonds. The zero-order valence-electron chi connectivity index (χ0n) is 11.3. The largest absolute Gasteiger partial charge is 0.481 e. The summed E-state index contributed by atoms with van der Waals surface area (Å²) >= 11 is 1.66. The molecule has 0 spiro atoms. The van der Waals surface area contributed by atoms with Crippen LogP contribution in [0.5, 0.6) is 5.75 Å². The van der Waals surface area contributed by atoms with Crippen molar-refractivity contribution in [3.63, 3.8) is 0 Å². The number of para-hydroxylation sites is 1. The van der Waals surface area contributed by atoms with Crippen LogP contribution in [0.3, 0.4) is 0 Å². The molecule has 1 saturated heterocycles. The first-order valence-corrected chi connectivity index (χ1v) is 7.68. The van der Waals surface area contributed by atoms with Gasteiger partial charge in [0.05, 0.1) is 0 Å². The molecule has 1 heterocycles. The molecule has 0 atom stereocenters. The van der Waals surface area contributed by atoms with Gasteiger partial charge in [0.1, 0.15) is 5.54 Å². The predicted molar refractivity (Wildman–Crippen MR) is 77.0 cm³/mol. The minimum absolute atomic E-state index is 0.0313. The Balaban J connectivity index is 1.94. The normalized spacial score (nSPS) is 17.0. The number of hydrogen-bond donors (Lipinski definition) is 2. The van der Waals surface area contributed by atoms with E-state index < -0.39 is 29.8 Å². The van der Waals surface area contributed by atoms with Gasteiger partial charge >= 0.3 is 5.97 Å². The number of hydrogen-bond acceptors (Lipinski definition) is 4. The second-order valence-corrected chi connectivity index (χ2v) is 5.99. The van der Waals surface area contributed by atoms with Crippen molar-refractivity contribution in [2.45, 2.75) is 18.4 Å². The Bertz CT molecular complexity index is 531. The third-order valence-corrected chi connectivity index (χ3v) is 4.32. The van der Waals surface area contributed by atoms with Crippen molar-refractivity contribution in [3.05, 3.63) is 30.1 Å². The Morgan fingerprint density at radius 3 is 2.62 bits per heavy atom. The number of nitrogens with one attached hydrogen (secondary N) is 1. The number of thioether (sulfide) groups is 1. The van der Waals surface area contributed by atoms with E-state index in [1.165, 1.54) is 18.2 Å². The second-order valence-electron chi connectivity index (χ2n) is 4.77. The van der Waals surface area contributed by atoms with Crippen molar-refractivity contribution in [2.24, 2.45) is 0 Å². The van der Waals surface area contributed by atoms with E-state index in [0.717, 1.165) is 0 Å². The van der Waals surface area contributed by atoms with Gasteiger partial charge in [-0.15, -0.1) is 0 Å². The van der Waals surface area contributed by atoms with Crippen LogP contribution in [0.15, 0.2) is 24.3 Å². The summed E-state index contributed by atoms with van der Waals surface area (Å²) < 4.78 is 18.4. The van der Waals surface area contributed by atoms with E-state index in [1.54, 1.807) is 17.8 Å². The third kappa shape index (κ3) is 3.87. The van der Waals surface area contributed by atoms with E-state index in [-0.39, 0.29) is 5.75 Å². The van der Waals surface area contributed by atoms with Crippen molar-refractivity contribution >= 4 is 23.6 Å². The molecule has 1 fully saturated rings.